The zero-order valence-electron chi connectivity index (χ0n) is 17.6. The second-order valence-electron chi connectivity index (χ2n) is 7.08. The fraction of sp³-hybridized carbons (Fsp3) is 0.136. The fourth-order valence-corrected chi connectivity index (χ4v) is 3.79. The zero-order valence-corrected chi connectivity index (χ0v) is 18.4. The molecule has 10 heteroatoms. The first-order valence-corrected chi connectivity index (χ1v) is 11.1. The first-order chi connectivity index (χ1) is 15.2. The number of pyridine rings is 1. The molecule has 0 radical (unpaired) electrons. The van der Waals surface area contributed by atoms with E-state index in [1.54, 1.807) is 44.7 Å². The number of aromatic nitrogens is 1. The van der Waals surface area contributed by atoms with Crippen molar-refractivity contribution < 1.29 is 18.0 Å². The van der Waals surface area contributed by atoms with Crippen molar-refractivity contribution in [1.29, 1.82) is 0 Å². The largest absolute Gasteiger partial charge is 0.345 e. The van der Waals surface area contributed by atoms with Gasteiger partial charge in [-0.3, -0.25) is 14.5 Å². The molecule has 0 aliphatic carbocycles. The molecule has 32 heavy (non-hydrogen) atoms. The summed E-state index contributed by atoms with van der Waals surface area (Å²) < 4.78 is 27.7. The number of hydrogen-bond donors (Lipinski definition) is 3. The lowest BCUT2D eigenvalue weighted by atomic mass is 10.2. The van der Waals surface area contributed by atoms with Crippen LogP contribution in [0.25, 0.3) is 0 Å². The standard InChI is InChI=1S/C22H23N5O4S/c1-27(2)21(28)17-5-7-19(8-6-17)26-32(30,31)20-11-9-18(10-12-20)25-22(29)24-15-16-4-3-13-23-14-16/h3-14,26H,15H2,1-2H3,(H2,24,25,29). The quantitative estimate of drug-likeness (QED) is 0.508. The van der Waals surface area contributed by atoms with E-state index in [-0.39, 0.29) is 10.8 Å². The minimum Gasteiger partial charge on any atom is -0.345 e. The summed E-state index contributed by atoms with van der Waals surface area (Å²) in [7, 11) is -0.553. The third-order valence-electron chi connectivity index (χ3n) is 4.39. The maximum Gasteiger partial charge on any atom is 0.319 e. The highest BCUT2D eigenvalue weighted by atomic mass is 32.2. The number of rotatable bonds is 7. The van der Waals surface area contributed by atoms with Crippen LogP contribution < -0.4 is 15.4 Å². The molecule has 0 aliphatic heterocycles. The molecule has 1 heterocycles. The summed E-state index contributed by atoms with van der Waals surface area (Å²) in [4.78, 5) is 29.4. The van der Waals surface area contributed by atoms with Crippen molar-refractivity contribution in [3.8, 4) is 0 Å². The van der Waals surface area contributed by atoms with Gasteiger partial charge < -0.3 is 15.5 Å². The number of anilines is 2. The van der Waals surface area contributed by atoms with Crippen LogP contribution in [-0.4, -0.2) is 44.3 Å². The molecule has 0 bridgehead atoms. The lowest BCUT2D eigenvalue weighted by Gasteiger charge is -2.12. The van der Waals surface area contributed by atoms with E-state index in [4.69, 9.17) is 0 Å². The molecule has 3 rings (SSSR count). The van der Waals surface area contributed by atoms with Crippen LogP contribution in [0.1, 0.15) is 15.9 Å². The van der Waals surface area contributed by atoms with Crippen molar-refractivity contribution in [2.75, 3.05) is 24.1 Å². The lowest BCUT2D eigenvalue weighted by molar-refractivity contribution is 0.0827. The van der Waals surface area contributed by atoms with Gasteiger partial charge in [0.2, 0.25) is 0 Å². The van der Waals surface area contributed by atoms with Gasteiger partial charge in [0.15, 0.2) is 0 Å². The fourth-order valence-electron chi connectivity index (χ4n) is 2.73. The first kappa shape index (κ1) is 22.8. The number of hydrogen-bond acceptors (Lipinski definition) is 5. The van der Waals surface area contributed by atoms with Crippen molar-refractivity contribution in [1.82, 2.24) is 15.2 Å². The normalized spacial score (nSPS) is 10.8. The number of urea groups is 1. The van der Waals surface area contributed by atoms with E-state index in [0.717, 1.165) is 5.56 Å². The zero-order chi connectivity index (χ0) is 23.1. The summed E-state index contributed by atoms with van der Waals surface area (Å²) in [5.41, 5.74) is 2.08. The maximum atomic E-state index is 12.6. The Labute approximate surface area is 186 Å². The molecule has 0 saturated carbocycles. The Kier molecular flexibility index (Phi) is 7.06. The van der Waals surface area contributed by atoms with E-state index < -0.39 is 16.1 Å². The molecule has 0 spiro atoms. The molecule has 3 aromatic rings. The Morgan fingerprint density at radius 3 is 2.19 bits per heavy atom. The van der Waals surface area contributed by atoms with Crippen LogP contribution in [0.15, 0.2) is 78.0 Å². The van der Waals surface area contributed by atoms with Gasteiger partial charge in [-0.25, -0.2) is 13.2 Å². The maximum absolute atomic E-state index is 12.6. The van der Waals surface area contributed by atoms with Gasteiger partial charge in [-0.05, 0) is 60.2 Å². The molecule has 3 N–H and O–H groups in total. The van der Waals surface area contributed by atoms with Gasteiger partial charge in [0.05, 0.1) is 4.90 Å². The van der Waals surface area contributed by atoms with Crippen LogP contribution >= 0.6 is 0 Å². The smallest absolute Gasteiger partial charge is 0.319 e. The molecule has 3 amide bonds. The summed E-state index contributed by atoms with van der Waals surface area (Å²) in [5.74, 6) is -0.174. The van der Waals surface area contributed by atoms with Gasteiger partial charge in [0.1, 0.15) is 0 Å². The Hall–Kier alpha value is -3.92. The molecule has 0 atom stereocenters. The average molecular weight is 454 g/mol. The monoisotopic (exact) mass is 453 g/mol. The third-order valence-corrected chi connectivity index (χ3v) is 5.79. The van der Waals surface area contributed by atoms with Crippen molar-refractivity contribution in [3.05, 3.63) is 84.2 Å². The van der Waals surface area contributed by atoms with Crippen molar-refractivity contribution in [2.24, 2.45) is 0 Å². The van der Waals surface area contributed by atoms with E-state index in [9.17, 15) is 18.0 Å². The van der Waals surface area contributed by atoms with Gasteiger partial charge in [0, 0.05) is 50.0 Å². The van der Waals surface area contributed by atoms with Crippen LogP contribution in [0.5, 0.6) is 0 Å². The average Bonchev–Trinajstić information content (AvgIpc) is 2.78. The topological polar surface area (TPSA) is 121 Å². The molecule has 1 aromatic heterocycles. The Balaban J connectivity index is 1.59. The number of nitrogens with zero attached hydrogens (tertiary/aromatic N) is 2. The highest BCUT2D eigenvalue weighted by Crippen LogP contribution is 2.19. The van der Waals surface area contributed by atoms with Gasteiger partial charge in [-0.1, -0.05) is 6.07 Å². The third kappa shape index (κ3) is 6.05. The number of benzene rings is 2. The van der Waals surface area contributed by atoms with Gasteiger partial charge in [0.25, 0.3) is 15.9 Å². The minimum absolute atomic E-state index is 0.0345. The van der Waals surface area contributed by atoms with Crippen LogP contribution in [0.3, 0.4) is 0 Å². The van der Waals surface area contributed by atoms with Crippen LogP contribution in [-0.2, 0) is 16.6 Å². The summed E-state index contributed by atoms with van der Waals surface area (Å²) in [6, 6.07) is 15.1. The summed E-state index contributed by atoms with van der Waals surface area (Å²) in [6.07, 6.45) is 3.30. The van der Waals surface area contributed by atoms with Gasteiger partial charge in [-0.15, -0.1) is 0 Å². The Morgan fingerprint density at radius 2 is 1.59 bits per heavy atom. The second-order valence-corrected chi connectivity index (χ2v) is 8.76. The molecule has 0 saturated heterocycles. The number of carbonyl (C=O) groups excluding carboxylic acids is 2. The van der Waals surface area contributed by atoms with E-state index >= 15 is 0 Å². The number of carbonyl (C=O) groups is 2. The Morgan fingerprint density at radius 1 is 0.938 bits per heavy atom. The van der Waals surface area contributed by atoms with Gasteiger partial charge in [-0.2, -0.15) is 0 Å². The first-order valence-electron chi connectivity index (χ1n) is 9.63. The molecule has 9 nitrogen and oxygen atoms in total. The van der Waals surface area contributed by atoms with Gasteiger partial charge >= 0.3 is 6.03 Å². The van der Waals surface area contributed by atoms with E-state index in [0.29, 0.717) is 23.5 Å². The number of sulfonamides is 1. The molecule has 0 unspecified atom stereocenters. The van der Waals surface area contributed by atoms with Crippen LogP contribution in [0.2, 0.25) is 0 Å². The molecule has 0 aliphatic rings. The second kappa shape index (κ2) is 9.92. The number of nitrogens with one attached hydrogen (secondary N) is 3. The minimum atomic E-state index is -3.83. The van der Waals surface area contributed by atoms with Crippen LogP contribution in [0.4, 0.5) is 16.2 Å². The molecule has 166 valence electrons. The Bertz CT molecular complexity index is 1180. The highest BCUT2D eigenvalue weighted by Gasteiger charge is 2.15. The number of amides is 3. The van der Waals surface area contributed by atoms with Crippen molar-refractivity contribution >= 4 is 33.3 Å². The summed E-state index contributed by atoms with van der Waals surface area (Å²) in [5, 5.41) is 5.34. The predicted molar refractivity (Wildman–Crippen MR) is 122 cm³/mol. The molecule has 0 fully saturated rings. The summed E-state index contributed by atoms with van der Waals surface area (Å²) in [6.45, 7) is 0.314. The highest BCUT2D eigenvalue weighted by molar-refractivity contribution is 7.92. The molecular formula is C22H23N5O4S. The van der Waals surface area contributed by atoms with E-state index in [2.05, 4.69) is 20.3 Å². The molecule has 2 aromatic carbocycles. The summed E-state index contributed by atoms with van der Waals surface area (Å²) >= 11 is 0. The SMILES string of the molecule is CN(C)C(=O)c1ccc(NS(=O)(=O)c2ccc(NC(=O)NCc3cccnc3)cc2)cc1. The van der Waals surface area contributed by atoms with Crippen molar-refractivity contribution in [2.45, 2.75) is 11.4 Å². The van der Waals surface area contributed by atoms with Crippen LogP contribution in [0, 0.1) is 0 Å². The predicted octanol–water partition coefficient (Wildman–Crippen LogP) is 2.91. The molecular weight excluding hydrogens is 430 g/mol. The van der Waals surface area contributed by atoms with Crippen molar-refractivity contribution in [3.63, 3.8) is 0 Å². The lowest BCUT2D eigenvalue weighted by Crippen LogP contribution is -2.28. The van der Waals surface area contributed by atoms with E-state index in [1.165, 1.54) is 41.3 Å². The van der Waals surface area contributed by atoms with E-state index in [1.807, 2.05) is 6.07 Å².